The van der Waals surface area contributed by atoms with Crippen molar-refractivity contribution in [2.75, 3.05) is 32.4 Å². The average molecular weight is 355 g/mol. The van der Waals surface area contributed by atoms with Crippen molar-refractivity contribution >= 4 is 17.8 Å². The molecule has 0 radical (unpaired) electrons. The van der Waals surface area contributed by atoms with Crippen LogP contribution < -0.4 is 24.5 Å². The van der Waals surface area contributed by atoms with E-state index in [2.05, 4.69) is 10.5 Å². The Kier molecular flexibility index (Phi) is 5.26. The van der Waals surface area contributed by atoms with Gasteiger partial charge in [-0.15, -0.1) is 0 Å². The van der Waals surface area contributed by atoms with Crippen molar-refractivity contribution in [2.45, 2.75) is 6.92 Å². The molecular weight excluding hydrogens is 334 g/mol. The van der Waals surface area contributed by atoms with Gasteiger partial charge in [0.25, 0.3) is 5.91 Å². The molecule has 3 rings (SSSR count). The van der Waals surface area contributed by atoms with E-state index in [1.54, 1.807) is 24.3 Å². The Morgan fingerprint density at radius 2 is 2.04 bits per heavy atom. The van der Waals surface area contributed by atoms with E-state index >= 15 is 0 Å². The first-order chi connectivity index (χ1) is 12.6. The second kappa shape index (κ2) is 7.77. The largest absolute Gasteiger partial charge is 0.493 e. The zero-order chi connectivity index (χ0) is 18.5. The third-order valence-corrected chi connectivity index (χ3v) is 3.80. The van der Waals surface area contributed by atoms with Gasteiger partial charge in [0.1, 0.15) is 5.75 Å². The summed E-state index contributed by atoms with van der Waals surface area (Å²) in [5.41, 5.74) is 4.70. The number of benzene rings is 2. The molecule has 0 saturated carbocycles. The number of carbonyl (C=O) groups excluding carboxylic acids is 1. The van der Waals surface area contributed by atoms with Crippen LogP contribution in [0, 0.1) is 0 Å². The minimum absolute atomic E-state index is 0.181. The van der Waals surface area contributed by atoms with Gasteiger partial charge < -0.3 is 19.1 Å². The molecule has 2 aromatic rings. The minimum Gasteiger partial charge on any atom is -0.493 e. The van der Waals surface area contributed by atoms with E-state index in [1.165, 1.54) is 6.21 Å². The van der Waals surface area contributed by atoms with Gasteiger partial charge in [0, 0.05) is 37.0 Å². The number of ether oxygens (including phenoxy) is 3. The fourth-order valence-electron chi connectivity index (χ4n) is 2.47. The van der Waals surface area contributed by atoms with Crippen molar-refractivity contribution in [3.8, 4) is 17.2 Å². The molecule has 0 aliphatic carbocycles. The molecule has 26 heavy (non-hydrogen) atoms. The number of anilines is 1. The number of hydrazone groups is 1. The summed E-state index contributed by atoms with van der Waals surface area (Å²) in [5.74, 6) is 1.59. The van der Waals surface area contributed by atoms with Crippen molar-refractivity contribution < 1.29 is 19.0 Å². The molecule has 0 bridgehead atoms. The maximum atomic E-state index is 12.3. The van der Waals surface area contributed by atoms with Crippen LogP contribution in [0.15, 0.2) is 41.5 Å². The van der Waals surface area contributed by atoms with Gasteiger partial charge in [-0.2, -0.15) is 5.10 Å². The van der Waals surface area contributed by atoms with Crippen molar-refractivity contribution in [1.29, 1.82) is 0 Å². The number of carbonyl (C=O) groups is 1. The van der Waals surface area contributed by atoms with Crippen LogP contribution in [-0.4, -0.2) is 39.6 Å². The van der Waals surface area contributed by atoms with Crippen molar-refractivity contribution in [3.63, 3.8) is 0 Å². The molecular formula is C19H21N3O4. The topological polar surface area (TPSA) is 72.4 Å². The Morgan fingerprint density at radius 3 is 2.77 bits per heavy atom. The molecule has 0 spiro atoms. The van der Waals surface area contributed by atoms with Crippen molar-refractivity contribution in [2.24, 2.45) is 5.10 Å². The van der Waals surface area contributed by atoms with Crippen LogP contribution in [0.2, 0.25) is 0 Å². The molecule has 7 nitrogen and oxygen atoms in total. The number of nitrogens with one attached hydrogen (secondary N) is 1. The lowest BCUT2D eigenvalue weighted by molar-refractivity contribution is 0.0955. The van der Waals surface area contributed by atoms with Gasteiger partial charge in [-0.3, -0.25) is 4.79 Å². The minimum atomic E-state index is -0.288. The van der Waals surface area contributed by atoms with Gasteiger partial charge in [0.15, 0.2) is 11.5 Å². The van der Waals surface area contributed by atoms with Crippen LogP contribution in [0.3, 0.4) is 0 Å². The van der Waals surface area contributed by atoms with Gasteiger partial charge >= 0.3 is 0 Å². The van der Waals surface area contributed by atoms with E-state index in [0.29, 0.717) is 35.0 Å². The summed E-state index contributed by atoms with van der Waals surface area (Å²) < 4.78 is 16.3. The maximum absolute atomic E-state index is 12.3. The lowest BCUT2D eigenvalue weighted by Crippen LogP contribution is -2.18. The molecule has 136 valence electrons. The predicted molar refractivity (Wildman–Crippen MR) is 99.6 cm³/mol. The molecule has 1 aliphatic heterocycles. The first kappa shape index (κ1) is 17.6. The third-order valence-electron chi connectivity index (χ3n) is 3.80. The highest BCUT2D eigenvalue weighted by Gasteiger charge is 2.17. The molecule has 0 atom stereocenters. The van der Waals surface area contributed by atoms with Gasteiger partial charge in [-0.25, -0.2) is 5.43 Å². The summed E-state index contributed by atoms with van der Waals surface area (Å²) in [5, 5.41) is 4.05. The highest BCUT2D eigenvalue weighted by atomic mass is 16.7. The Hall–Kier alpha value is -3.22. The summed E-state index contributed by atoms with van der Waals surface area (Å²) in [4.78, 5) is 14.2. The van der Waals surface area contributed by atoms with Crippen molar-refractivity contribution in [1.82, 2.24) is 5.43 Å². The monoisotopic (exact) mass is 355 g/mol. The molecule has 0 aromatic heterocycles. The number of rotatable bonds is 6. The first-order valence-corrected chi connectivity index (χ1v) is 8.25. The Balaban J connectivity index is 1.74. The SMILES string of the molecule is CCOc1cc2c(cc1/C=N/NC(=O)c1cccc(N(C)C)c1)OCO2. The van der Waals surface area contributed by atoms with Gasteiger partial charge in [-0.05, 0) is 31.2 Å². The quantitative estimate of drug-likeness (QED) is 0.637. The van der Waals surface area contributed by atoms with E-state index in [4.69, 9.17) is 14.2 Å². The van der Waals surface area contributed by atoms with Crippen LogP contribution in [0.1, 0.15) is 22.8 Å². The number of fused-ring (bicyclic) bond motifs is 1. The van der Waals surface area contributed by atoms with E-state index in [0.717, 1.165) is 5.69 Å². The molecule has 1 amide bonds. The summed E-state index contributed by atoms with van der Waals surface area (Å²) in [6.07, 6.45) is 1.53. The van der Waals surface area contributed by atoms with Crippen LogP contribution in [0.5, 0.6) is 17.2 Å². The van der Waals surface area contributed by atoms with Gasteiger partial charge in [-0.1, -0.05) is 6.07 Å². The molecule has 0 saturated heterocycles. The summed E-state index contributed by atoms with van der Waals surface area (Å²) in [7, 11) is 3.84. The van der Waals surface area contributed by atoms with Gasteiger partial charge in [0.2, 0.25) is 6.79 Å². The van der Waals surface area contributed by atoms with E-state index in [9.17, 15) is 4.79 Å². The Bertz CT molecular complexity index is 834. The zero-order valence-electron chi connectivity index (χ0n) is 15.0. The molecule has 7 heteroatoms. The number of amides is 1. The number of hydrogen-bond acceptors (Lipinski definition) is 6. The zero-order valence-corrected chi connectivity index (χ0v) is 15.0. The van der Waals surface area contributed by atoms with E-state index in [-0.39, 0.29) is 12.7 Å². The smallest absolute Gasteiger partial charge is 0.271 e. The second-order valence-corrected chi connectivity index (χ2v) is 5.82. The molecule has 1 heterocycles. The first-order valence-electron chi connectivity index (χ1n) is 8.25. The summed E-state index contributed by atoms with van der Waals surface area (Å²) >= 11 is 0. The second-order valence-electron chi connectivity index (χ2n) is 5.82. The normalized spacial score (nSPS) is 12.3. The predicted octanol–water partition coefficient (Wildman–Crippen LogP) is 2.64. The maximum Gasteiger partial charge on any atom is 0.271 e. The van der Waals surface area contributed by atoms with Crippen LogP contribution in [0.25, 0.3) is 0 Å². The lowest BCUT2D eigenvalue weighted by atomic mass is 10.2. The van der Waals surface area contributed by atoms with E-state index in [1.807, 2.05) is 38.1 Å². The number of nitrogens with zero attached hydrogens (tertiary/aromatic N) is 2. The third kappa shape index (κ3) is 3.88. The Labute approximate surface area is 152 Å². The Morgan fingerprint density at radius 1 is 1.27 bits per heavy atom. The fourth-order valence-corrected chi connectivity index (χ4v) is 2.47. The highest BCUT2D eigenvalue weighted by Crippen LogP contribution is 2.37. The molecule has 2 aromatic carbocycles. The van der Waals surface area contributed by atoms with Crippen molar-refractivity contribution in [3.05, 3.63) is 47.5 Å². The van der Waals surface area contributed by atoms with Crippen LogP contribution in [-0.2, 0) is 0 Å². The van der Waals surface area contributed by atoms with E-state index < -0.39 is 0 Å². The fraction of sp³-hybridized carbons (Fsp3) is 0.263. The number of hydrogen-bond donors (Lipinski definition) is 1. The molecule has 1 N–H and O–H groups in total. The standard InChI is InChI=1S/C19H21N3O4/c1-4-24-16-10-18-17(25-12-26-18)9-14(16)11-20-21-19(23)13-6-5-7-15(8-13)22(2)3/h5-11H,4,12H2,1-3H3,(H,21,23)/b20-11+. The van der Waals surface area contributed by atoms with Crippen LogP contribution >= 0.6 is 0 Å². The summed E-state index contributed by atoms with van der Waals surface area (Å²) in [6.45, 7) is 2.58. The molecule has 0 unspecified atom stereocenters. The average Bonchev–Trinajstić information content (AvgIpc) is 3.09. The molecule has 0 fully saturated rings. The van der Waals surface area contributed by atoms with Gasteiger partial charge in [0.05, 0.1) is 12.8 Å². The lowest BCUT2D eigenvalue weighted by Gasteiger charge is -2.12. The summed E-state index contributed by atoms with van der Waals surface area (Å²) in [6, 6.07) is 10.8. The van der Waals surface area contributed by atoms with Crippen LogP contribution in [0.4, 0.5) is 5.69 Å². The highest BCUT2D eigenvalue weighted by molar-refractivity contribution is 5.96. The molecule has 1 aliphatic rings.